The Hall–Kier alpha value is -2.02. The average Bonchev–Trinajstić information content (AvgIpc) is 3.19. The first kappa shape index (κ1) is 24.7. The summed E-state index contributed by atoms with van der Waals surface area (Å²) in [6.45, 7) is 1.62. The molecule has 3 aliphatic rings. The SMILES string of the molecule is CO[C@@]1(CN2CC3C(C2)C3(F)F)CCN(c2cc(F)c(S(=O)Nc3cccc(F)n3)c(F)c2Cl)C1. The maximum Gasteiger partial charge on any atom is 0.257 e. The lowest BCUT2D eigenvalue weighted by Crippen LogP contribution is -2.47. The van der Waals surface area contributed by atoms with E-state index in [-0.39, 0.29) is 18.1 Å². The Kier molecular flexibility index (Phi) is 6.22. The average molecular weight is 537 g/mol. The van der Waals surface area contributed by atoms with Crippen LogP contribution in [-0.4, -0.2) is 65.4 Å². The molecule has 2 saturated heterocycles. The second-order valence-electron chi connectivity index (χ2n) is 9.19. The highest BCUT2D eigenvalue weighted by atomic mass is 35.5. The molecule has 13 heteroatoms. The molecule has 2 aliphatic heterocycles. The van der Waals surface area contributed by atoms with Crippen molar-refractivity contribution in [2.75, 3.05) is 49.5 Å². The molecule has 2 aromatic rings. The van der Waals surface area contributed by atoms with E-state index in [2.05, 4.69) is 9.71 Å². The van der Waals surface area contributed by atoms with Gasteiger partial charge in [0.1, 0.15) is 21.6 Å². The fourth-order valence-electron chi connectivity index (χ4n) is 5.11. The van der Waals surface area contributed by atoms with E-state index in [1.54, 1.807) is 4.90 Å². The number of aromatic nitrogens is 1. The molecule has 1 saturated carbocycles. The Morgan fingerprint density at radius 3 is 2.63 bits per heavy atom. The van der Waals surface area contributed by atoms with Crippen LogP contribution in [0.25, 0.3) is 0 Å². The van der Waals surface area contributed by atoms with Crippen LogP contribution in [0.4, 0.5) is 33.5 Å². The highest BCUT2D eigenvalue weighted by Crippen LogP contribution is 2.59. The molecule has 3 fully saturated rings. The van der Waals surface area contributed by atoms with Crippen molar-refractivity contribution in [1.82, 2.24) is 9.88 Å². The zero-order valence-electron chi connectivity index (χ0n) is 18.5. The number of hydrogen-bond donors (Lipinski definition) is 1. The van der Waals surface area contributed by atoms with Crippen LogP contribution in [0.15, 0.2) is 29.2 Å². The predicted molar refractivity (Wildman–Crippen MR) is 121 cm³/mol. The molecule has 1 aromatic carbocycles. The summed E-state index contributed by atoms with van der Waals surface area (Å²) in [7, 11) is -0.913. The molecule has 3 unspecified atom stereocenters. The first-order chi connectivity index (χ1) is 16.5. The van der Waals surface area contributed by atoms with E-state index in [0.29, 0.717) is 32.6 Å². The summed E-state index contributed by atoms with van der Waals surface area (Å²) in [5.41, 5.74) is -0.643. The van der Waals surface area contributed by atoms with Gasteiger partial charge in [0.15, 0.2) is 16.8 Å². The number of fused-ring (bicyclic) bond motifs is 1. The lowest BCUT2D eigenvalue weighted by Gasteiger charge is -2.34. The van der Waals surface area contributed by atoms with Gasteiger partial charge in [0.25, 0.3) is 5.92 Å². The number of hydrogen-bond acceptors (Lipinski definition) is 5. The van der Waals surface area contributed by atoms with Crippen LogP contribution in [0.5, 0.6) is 0 Å². The molecule has 3 heterocycles. The molecule has 1 aromatic heterocycles. The van der Waals surface area contributed by atoms with E-state index in [1.807, 2.05) is 4.90 Å². The minimum Gasteiger partial charge on any atom is -0.375 e. The van der Waals surface area contributed by atoms with E-state index >= 15 is 4.39 Å². The summed E-state index contributed by atoms with van der Waals surface area (Å²) in [4.78, 5) is 6.27. The first-order valence-electron chi connectivity index (χ1n) is 10.9. The fraction of sp³-hybridized carbons (Fsp3) is 0.500. The van der Waals surface area contributed by atoms with Crippen LogP contribution >= 0.6 is 11.6 Å². The third-order valence-electron chi connectivity index (χ3n) is 7.07. The van der Waals surface area contributed by atoms with Gasteiger partial charge in [0, 0.05) is 57.7 Å². The van der Waals surface area contributed by atoms with Gasteiger partial charge in [0.05, 0.1) is 11.3 Å². The molecule has 0 radical (unpaired) electrons. The van der Waals surface area contributed by atoms with Crippen LogP contribution in [0, 0.1) is 29.4 Å². The number of nitrogens with zero attached hydrogens (tertiary/aromatic N) is 3. The largest absolute Gasteiger partial charge is 0.375 e. The summed E-state index contributed by atoms with van der Waals surface area (Å²) in [6, 6.07) is 4.67. The van der Waals surface area contributed by atoms with Crippen molar-refractivity contribution in [3.8, 4) is 0 Å². The fourth-order valence-corrected chi connectivity index (χ4v) is 6.34. The maximum atomic E-state index is 15.1. The molecule has 190 valence electrons. The molecular formula is C22H22ClF5N4O2S. The highest BCUT2D eigenvalue weighted by Gasteiger charge is 2.71. The number of piperidine rings is 1. The van der Waals surface area contributed by atoms with Crippen LogP contribution in [0.2, 0.25) is 5.02 Å². The van der Waals surface area contributed by atoms with Crippen molar-refractivity contribution in [2.24, 2.45) is 11.8 Å². The normalized spacial score (nSPS) is 28.3. The van der Waals surface area contributed by atoms with Crippen LogP contribution in [0.3, 0.4) is 0 Å². The number of likely N-dealkylation sites (tertiary alicyclic amines) is 1. The standard InChI is InChI=1S/C22H22ClF5N4O2S/c1-34-21(10-31-8-12-13(9-31)22(12,27)28)5-6-32(11-21)15-7-14(24)20(19(26)18(15)23)35(33)30-17-4-2-3-16(25)29-17/h2-4,7,12-13H,5-6,8-11H2,1H3,(H,29,30)/t12?,13?,21-,35?/m1/s1. The van der Waals surface area contributed by atoms with Gasteiger partial charge < -0.3 is 9.64 Å². The van der Waals surface area contributed by atoms with E-state index < -0.39 is 61.8 Å². The number of pyridine rings is 1. The minimum atomic E-state index is -2.58. The topological polar surface area (TPSA) is 57.7 Å². The molecule has 6 nitrogen and oxygen atoms in total. The van der Waals surface area contributed by atoms with Gasteiger partial charge in [-0.25, -0.2) is 26.8 Å². The Morgan fingerprint density at radius 2 is 1.97 bits per heavy atom. The lowest BCUT2D eigenvalue weighted by molar-refractivity contribution is -0.0276. The third-order valence-corrected chi connectivity index (χ3v) is 8.57. The summed E-state index contributed by atoms with van der Waals surface area (Å²) in [5.74, 6) is -7.13. The quantitative estimate of drug-likeness (QED) is 0.328. The van der Waals surface area contributed by atoms with Gasteiger partial charge >= 0.3 is 0 Å². The van der Waals surface area contributed by atoms with E-state index in [9.17, 15) is 21.8 Å². The van der Waals surface area contributed by atoms with Gasteiger partial charge in [-0.2, -0.15) is 4.39 Å². The predicted octanol–water partition coefficient (Wildman–Crippen LogP) is 4.08. The van der Waals surface area contributed by atoms with Crippen LogP contribution in [-0.2, 0) is 15.7 Å². The van der Waals surface area contributed by atoms with Crippen molar-refractivity contribution in [2.45, 2.75) is 22.8 Å². The molecule has 5 rings (SSSR count). The third kappa shape index (κ3) is 4.38. The number of rotatable bonds is 7. The number of nitrogens with one attached hydrogen (secondary N) is 1. The molecule has 0 bridgehead atoms. The Balaban J connectivity index is 1.32. The molecular weight excluding hydrogens is 515 g/mol. The second kappa shape index (κ2) is 8.82. The number of benzene rings is 1. The van der Waals surface area contributed by atoms with Crippen LogP contribution < -0.4 is 9.62 Å². The Labute approximate surface area is 206 Å². The molecule has 0 spiro atoms. The van der Waals surface area contributed by atoms with Crippen LogP contribution in [0.1, 0.15) is 6.42 Å². The first-order valence-corrected chi connectivity index (χ1v) is 12.5. The summed E-state index contributed by atoms with van der Waals surface area (Å²) in [5, 5.41) is -0.419. The molecule has 35 heavy (non-hydrogen) atoms. The number of halogens is 6. The van der Waals surface area contributed by atoms with Crippen molar-refractivity contribution >= 4 is 34.1 Å². The van der Waals surface area contributed by atoms with Crippen molar-refractivity contribution in [3.05, 3.63) is 46.9 Å². The molecule has 4 atom stereocenters. The smallest absolute Gasteiger partial charge is 0.257 e. The van der Waals surface area contributed by atoms with Gasteiger partial charge in [-0.15, -0.1) is 0 Å². The Bertz CT molecular complexity index is 1180. The maximum absolute atomic E-state index is 15.1. The molecule has 0 amide bonds. The van der Waals surface area contributed by atoms with E-state index in [1.165, 1.54) is 19.2 Å². The molecule has 1 aliphatic carbocycles. The van der Waals surface area contributed by atoms with Gasteiger partial charge in [-0.1, -0.05) is 17.7 Å². The number of methoxy groups -OCH3 is 1. The number of anilines is 2. The summed E-state index contributed by atoms with van der Waals surface area (Å²) in [6.07, 6.45) is 0.506. The number of alkyl halides is 2. The van der Waals surface area contributed by atoms with E-state index in [0.717, 1.165) is 12.1 Å². The van der Waals surface area contributed by atoms with E-state index in [4.69, 9.17) is 16.3 Å². The minimum absolute atomic E-state index is 0.0704. The summed E-state index contributed by atoms with van der Waals surface area (Å²) < 4.78 is 91.0. The molecule has 1 N–H and O–H groups in total. The second-order valence-corrected chi connectivity index (χ2v) is 10.7. The summed E-state index contributed by atoms with van der Waals surface area (Å²) >= 11 is 6.23. The van der Waals surface area contributed by atoms with Crippen molar-refractivity contribution < 1.29 is 30.9 Å². The van der Waals surface area contributed by atoms with Gasteiger partial charge in [0.2, 0.25) is 5.95 Å². The highest BCUT2D eigenvalue weighted by molar-refractivity contribution is 7.86. The Morgan fingerprint density at radius 1 is 1.26 bits per heavy atom. The zero-order chi connectivity index (χ0) is 25.1. The van der Waals surface area contributed by atoms with Gasteiger partial charge in [-0.3, -0.25) is 9.62 Å². The van der Waals surface area contributed by atoms with Crippen molar-refractivity contribution in [1.29, 1.82) is 0 Å². The van der Waals surface area contributed by atoms with Crippen molar-refractivity contribution in [3.63, 3.8) is 0 Å². The lowest BCUT2D eigenvalue weighted by atomic mass is 10.0. The van der Waals surface area contributed by atoms with Gasteiger partial charge in [-0.05, 0) is 18.6 Å². The zero-order valence-corrected chi connectivity index (χ0v) is 20.1. The number of ether oxygens (including phenoxy) is 1. The monoisotopic (exact) mass is 536 g/mol.